The largest absolute Gasteiger partial charge is 0.480 e. The summed E-state index contributed by atoms with van der Waals surface area (Å²) in [5.41, 5.74) is 8.58. The first kappa shape index (κ1) is 39.2. The van der Waals surface area contributed by atoms with E-state index in [1.165, 1.54) is 0 Å². The maximum atomic E-state index is 13.1. The smallest absolute Gasteiger partial charge is 0.317 e. The number of aromatic nitrogens is 3. The van der Waals surface area contributed by atoms with E-state index in [9.17, 15) is 28.4 Å². The van der Waals surface area contributed by atoms with Gasteiger partial charge in [-0.1, -0.05) is 30.3 Å². The molecular formula is C43H47N7O8S. The molecule has 15 nitrogen and oxygen atoms in total. The quantitative estimate of drug-likeness (QED) is 0.116. The maximum absolute atomic E-state index is 13.1. The van der Waals surface area contributed by atoms with Crippen LogP contribution in [0.1, 0.15) is 73.0 Å². The number of hydrogen-bond acceptors (Lipinski definition) is 13. The van der Waals surface area contributed by atoms with E-state index in [1.807, 2.05) is 56.3 Å². The van der Waals surface area contributed by atoms with E-state index < -0.39 is 26.6 Å². The zero-order valence-corrected chi connectivity index (χ0v) is 34.3. The van der Waals surface area contributed by atoms with Crippen LogP contribution in [0.5, 0.6) is 5.88 Å². The number of nitrogens with zero attached hydrogens (tertiary/aromatic N) is 6. The van der Waals surface area contributed by atoms with Gasteiger partial charge in [0.15, 0.2) is 0 Å². The minimum Gasteiger partial charge on any atom is -0.480 e. The van der Waals surface area contributed by atoms with Crippen molar-refractivity contribution in [2.24, 2.45) is 5.92 Å². The lowest BCUT2D eigenvalue weighted by molar-refractivity contribution is -0.384. The fourth-order valence-electron chi connectivity index (χ4n) is 9.19. The molecule has 59 heavy (non-hydrogen) atoms. The summed E-state index contributed by atoms with van der Waals surface area (Å²) >= 11 is 0. The Morgan fingerprint density at radius 1 is 1.03 bits per heavy atom. The van der Waals surface area contributed by atoms with Gasteiger partial charge >= 0.3 is 5.69 Å². The normalized spacial score (nSPS) is 21.5. The Bertz CT molecular complexity index is 2640. The molecule has 2 N–H and O–H groups in total. The summed E-state index contributed by atoms with van der Waals surface area (Å²) in [5, 5.41) is 22.7. The molecule has 0 radical (unpaired) electrons. The van der Waals surface area contributed by atoms with Crippen molar-refractivity contribution >= 4 is 32.7 Å². The number of sulfonamides is 1. The number of amides is 1. The number of rotatable bonds is 11. The highest BCUT2D eigenvalue weighted by Crippen LogP contribution is 2.47. The van der Waals surface area contributed by atoms with Crippen LogP contribution in [0.3, 0.4) is 0 Å². The first-order chi connectivity index (χ1) is 28.2. The average Bonchev–Trinajstić information content (AvgIpc) is 3.66. The summed E-state index contributed by atoms with van der Waals surface area (Å²) in [6, 6.07) is 13.6. The molecule has 308 valence electrons. The summed E-state index contributed by atoms with van der Waals surface area (Å²) in [6.45, 7) is 8.52. The van der Waals surface area contributed by atoms with Gasteiger partial charge in [-0.25, -0.2) is 18.4 Å². The Morgan fingerprint density at radius 3 is 2.42 bits per heavy atom. The summed E-state index contributed by atoms with van der Waals surface area (Å²) < 4.78 is 38.9. The summed E-state index contributed by atoms with van der Waals surface area (Å²) in [6.07, 6.45) is 4.83. The van der Waals surface area contributed by atoms with Gasteiger partial charge in [0.2, 0.25) is 33.3 Å². The van der Waals surface area contributed by atoms with E-state index in [0.29, 0.717) is 92.2 Å². The van der Waals surface area contributed by atoms with Crippen molar-refractivity contribution in [1.82, 2.24) is 29.5 Å². The second-order valence-corrected chi connectivity index (χ2v) is 18.9. The maximum Gasteiger partial charge on any atom is 0.317 e. The summed E-state index contributed by atoms with van der Waals surface area (Å²) in [5.74, 6) is -0.264. The lowest BCUT2D eigenvalue weighted by Gasteiger charge is -2.24. The van der Waals surface area contributed by atoms with E-state index in [2.05, 4.69) is 14.5 Å². The number of nitro benzene ring substituents is 1. The van der Waals surface area contributed by atoms with E-state index in [-0.39, 0.29) is 34.2 Å². The van der Waals surface area contributed by atoms with Crippen molar-refractivity contribution in [2.75, 3.05) is 33.3 Å². The van der Waals surface area contributed by atoms with Crippen LogP contribution < -0.4 is 9.46 Å². The molecule has 0 bridgehead atoms. The lowest BCUT2D eigenvalue weighted by Crippen LogP contribution is -2.42. The number of methoxy groups -OCH3 is 1. The molecule has 9 rings (SSSR count). The summed E-state index contributed by atoms with van der Waals surface area (Å²) in [4.78, 5) is 44.1. The number of aliphatic hydroxyl groups excluding tert-OH is 1. The van der Waals surface area contributed by atoms with E-state index in [4.69, 9.17) is 24.1 Å². The van der Waals surface area contributed by atoms with Gasteiger partial charge in [-0.3, -0.25) is 34.4 Å². The second-order valence-electron chi connectivity index (χ2n) is 16.7. The highest BCUT2D eigenvalue weighted by atomic mass is 32.2. The number of carbonyl (C=O) groups excluding carboxylic acids is 1. The highest BCUT2D eigenvalue weighted by Gasteiger charge is 2.51. The number of β-amino-alcohol motifs (C(OH)–C–C–N with tert-alkyl or cyclic N) is 1. The number of likely N-dealkylation sites (tertiary alicyclic amines) is 2. The molecule has 3 atom stereocenters. The van der Waals surface area contributed by atoms with Crippen LogP contribution in [-0.2, 0) is 27.8 Å². The standard InChI is InChI=1S/C43H47N7O8S/c1-24-28(7-5-9-30(24)35-20-44-36(42(46-35)57-4)23-48-17-14-27(51)22-48)29-8-6-10-31(25(29)2)41-45-34-19-33-32(38(50(53)54)39(34)58-41)11-12-37(33)49-18-13-26(21-49)40(52)47-59(55,56)43(3)15-16-43/h5-10,19-20,26-27,37,51H,11-18,21-23H2,1-4H3,(H,47,52)/t26-,27-,37-/m1/s1. The topological polar surface area (TPSA) is 194 Å². The van der Waals surface area contributed by atoms with Gasteiger partial charge in [0.05, 0.1) is 40.7 Å². The Labute approximate surface area is 342 Å². The minimum absolute atomic E-state index is 0.0889. The van der Waals surface area contributed by atoms with Gasteiger partial charge in [0.25, 0.3) is 0 Å². The number of oxazole rings is 1. The molecule has 0 unspecified atom stereocenters. The second kappa shape index (κ2) is 14.8. The van der Waals surface area contributed by atoms with Crippen LogP contribution in [0.4, 0.5) is 5.69 Å². The van der Waals surface area contributed by atoms with Crippen molar-refractivity contribution in [3.8, 4) is 39.7 Å². The molecule has 1 saturated carbocycles. The van der Waals surface area contributed by atoms with Crippen LogP contribution in [0.15, 0.2) is 53.1 Å². The molecule has 2 aromatic heterocycles. The first-order valence-electron chi connectivity index (χ1n) is 20.2. The predicted octanol–water partition coefficient (Wildman–Crippen LogP) is 6.03. The molecule has 3 fully saturated rings. The van der Waals surface area contributed by atoms with Crippen molar-refractivity contribution in [1.29, 1.82) is 0 Å². The molecule has 2 aliphatic carbocycles. The van der Waals surface area contributed by atoms with Crippen LogP contribution in [0.2, 0.25) is 0 Å². The highest BCUT2D eigenvalue weighted by molar-refractivity contribution is 7.91. The molecule has 5 aromatic rings. The number of nitro groups is 1. The third-order valence-corrected chi connectivity index (χ3v) is 15.1. The van der Waals surface area contributed by atoms with Crippen molar-refractivity contribution in [3.05, 3.63) is 86.7 Å². The molecule has 0 spiro atoms. The molecule has 2 saturated heterocycles. The van der Waals surface area contributed by atoms with Crippen molar-refractivity contribution in [2.45, 2.75) is 82.7 Å². The monoisotopic (exact) mass is 821 g/mol. The van der Waals surface area contributed by atoms with Gasteiger partial charge < -0.3 is 14.3 Å². The Kier molecular flexibility index (Phi) is 9.80. The Morgan fingerprint density at radius 2 is 1.75 bits per heavy atom. The molecule has 2 aliphatic heterocycles. The predicted molar refractivity (Wildman–Crippen MR) is 220 cm³/mol. The number of carbonyl (C=O) groups is 1. The van der Waals surface area contributed by atoms with Gasteiger partial charge in [0.1, 0.15) is 11.2 Å². The van der Waals surface area contributed by atoms with Gasteiger partial charge in [-0.15, -0.1) is 0 Å². The van der Waals surface area contributed by atoms with Crippen LogP contribution >= 0.6 is 0 Å². The van der Waals surface area contributed by atoms with E-state index >= 15 is 0 Å². The zero-order valence-electron chi connectivity index (χ0n) is 33.5. The van der Waals surface area contributed by atoms with Crippen LogP contribution in [0.25, 0.3) is 44.9 Å². The molecule has 16 heteroatoms. The third kappa shape index (κ3) is 6.94. The number of benzene rings is 3. The Hall–Kier alpha value is -5.29. The fraction of sp³-hybridized carbons (Fsp3) is 0.442. The average molecular weight is 822 g/mol. The lowest BCUT2D eigenvalue weighted by atomic mass is 9.90. The van der Waals surface area contributed by atoms with Gasteiger partial charge in [-0.05, 0) is 106 Å². The minimum atomic E-state index is -3.74. The molecule has 3 aromatic carbocycles. The molecular weight excluding hydrogens is 775 g/mol. The van der Waals surface area contributed by atoms with E-state index in [0.717, 1.165) is 46.3 Å². The van der Waals surface area contributed by atoms with Gasteiger partial charge in [-0.2, -0.15) is 0 Å². The van der Waals surface area contributed by atoms with E-state index in [1.54, 1.807) is 20.2 Å². The van der Waals surface area contributed by atoms with Crippen LogP contribution in [-0.4, -0.2) is 93.2 Å². The van der Waals surface area contributed by atoms with Crippen molar-refractivity contribution in [3.63, 3.8) is 0 Å². The SMILES string of the molecule is COc1nc(-c2cccc(-c3cccc(-c4nc5cc6c(c([N+](=O)[O-])c5o4)CC[C@H]6N4CC[C@@H](C(=O)NS(=O)(=O)C5(C)CC5)C4)c3C)c2C)cnc1CN1CC[C@@H](O)C1. The molecule has 1 amide bonds. The molecule has 4 aliphatic rings. The number of aliphatic hydroxyl groups is 1. The zero-order chi connectivity index (χ0) is 41.4. The number of ether oxygens (including phenoxy) is 1. The molecule has 4 heterocycles. The van der Waals surface area contributed by atoms with Crippen molar-refractivity contribution < 1.29 is 32.4 Å². The number of fused-ring (bicyclic) bond motifs is 2. The number of nitrogens with one attached hydrogen (secondary N) is 1. The van der Waals surface area contributed by atoms with Gasteiger partial charge in [0, 0.05) is 48.9 Å². The Balaban J connectivity index is 1.000. The summed E-state index contributed by atoms with van der Waals surface area (Å²) in [7, 11) is -2.16. The third-order valence-electron chi connectivity index (χ3n) is 13.0. The fourth-order valence-corrected chi connectivity index (χ4v) is 10.5. The number of hydrogen-bond donors (Lipinski definition) is 2. The van der Waals surface area contributed by atoms with Crippen LogP contribution in [0, 0.1) is 29.9 Å². The first-order valence-corrected chi connectivity index (χ1v) is 21.6.